The molecule has 0 fully saturated rings. The zero-order valence-corrected chi connectivity index (χ0v) is 15.2. The van der Waals surface area contributed by atoms with Crippen LogP contribution in [0.3, 0.4) is 0 Å². The third-order valence-electron chi connectivity index (χ3n) is 4.04. The Balaban J connectivity index is 1.46. The number of benzene rings is 1. The minimum absolute atomic E-state index is 0.128. The maximum atomic E-state index is 12.6. The molecule has 3 heterocycles. The zero-order valence-electron chi connectivity index (χ0n) is 14.4. The number of rotatable bonds is 5. The lowest BCUT2D eigenvalue weighted by Crippen LogP contribution is -2.23. The van der Waals surface area contributed by atoms with Gasteiger partial charge in [0.15, 0.2) is 17.3 Å². The molecule has 8 nitrogen and oxygen atoms in total. The van der Waals surface area contributed by atoms with E-state index < -0.39 is 10.0 Å². The lowest BCUT2D eigenvalue weighted by Gasteiger charge is -2.11. The molecule has 1 aliphatic heterocycles. The predicted octanol–water partition coefficient (Wildman–Crippen LogP) is 1.91. The largest absolute Gasteiger partial charge is 0.490 e. The minimum atomic E-state index is -3.69. The van der Waals surface area contributed by atoms with E-state index in [-0.39, 0.29) is 11.4 Å². The summed E-state index contributed by atoms with van der Waals surface area (Å²) in [7, 11) is -3.69. The molecule has 0 unspecified atom stereocenters. The topological polar surface area (TPSA) is 95.3 Å². The van der Waals surface area contributed by atoms with Crippen molar-refractivity contribution in [3.8, 4) is 17.3 Å². The molecule has 27 heavy (non-hydrogen) atoms. The average Bonchev–Trinajstić information content (AvgIpc) is 3.12. The number of pyridine rings is 1. The highest BCUT2D eigenvalue weighted by Gasteiger charge is 2.18. The van der Waals surface area contributed by atoms with Crippen molar-refractivity contribution < 1.29 is 17.9 Å². The number of hydrogen-bond acceptors (Lipinski definition) is 6. The highest BCUT2D eigenvalue weighted by Crippen LogP contribution is 2.31. The van der Waals surface area contributed by atoms with Crippen LogP contribution in [0.25, 0.3) is 5.82 Å². The van der Waals surface area contributed by atoms with E-state index in [4.69, 9.17) is 9.47 Å². The van der Waals surface area contributed by atoms with Crippen LogP contribution in [-0.2, 0) is 16.6 Å². The van der Waals surface area contributed by atoms with E-state index in [0.29, 0.717) is 30.5 Å². The summed E-state index contributed by atoms with van der Waals surface area (Å²) in [6, 6.07) is 10.0. The maximum Gasteiger partial charge on any atom is 0.241 e. The molecule has 0 saturated heterocycles. The molecule has 140 valence electrons. The van der Waals surface area contributed by atoms with Crippen LogP contribution < -0.4 is 14.2 Å². The van der Waals surface area contributed by atoms with Gasteiger partial charge in [0.2, 0.25) is 10.0 Å². The van der Waals surface area contributed by atoms with Crippen LogP contribution in [0.15, 0.2) is 59.9 Å². The monoisotopic (exact) mass is 386 g/mol. The molecule has 0 saturated carbocycles. The molecule has 3 aromatic rings. The fraction of sp³-hybridized carbons (Fsp3) is 0.222. The molecule has 1 aromatic carbocycles. The molecule has 0 bridgehead atoms. The maximum absolute atomic E-state index is 12.6. The second kappa shape index (κ2) is 7.37. The second-order valence-corrected chi connectivity index (χ2v) is 7.73. The van der Waals surface area contributed by atoms with Gasteiger partial charge in [-0.15, -0.1) is 0 Å². The third-order valence-corrected chi connectivity index (χ3v) is 5.44. The Morgan fingerprint density at radius 1 is 1.11 bits per heavy atom. The van der Waals surface area contributed by atoms with E-state index in [1.807, 2.05) is 0 Å². The van der Waals surface area contributed by atoms with Crippen molar-refractivity contribution in [2.75, 3.05) is 13.2 Å². The molecule has 0 aliphatic carbocycles. The van der Waals surface area contributed by atoms with Gasteiger partial charge in [-0.2, -0.15) is 5.10 Å². The van der Waals surface area contributed by atoms with Gasteiger partial charge < -0.3 is 9.47 Å². The second-order valence-electron chi connectivity index (χ2n) is 5.96. The number of sulfonamides is 1. The van der Waals surface area contributed by atoms with Crippen molar-refractivity contribution in [1.29, 1.82) is 0 Å². The van der Waals surface area contributed by atoms with Gasteiger partial charge >= 0.3 is 0 Å². The van der Waals surface area contributed by atoms with Crippen molar-refractivity contribution in [3.63, 3.8) is 0 Å². The molecule has 1 N–H and O–H groups in total. The van der Waals surface area contributed by atoms with Crippen LogP contribution >= 0.6 is 0 Å². The van der Waals surface area contributed by atoms with Gasteiger partial charge in [0.05, 0.1) is 18.1 Å². The van der Waals surface area contributed by atoms with Crippen LogP contribution in [0, 0.1) is 0 Å². The number of ether oxygens (including phenoxy) is 2. The van der Waals surface area contributed by atoms with Crippen LogP contribution in [0.5, 0.6) is 11.5 Å². The summed E-state index contributed by atoms with van der Waals surface area (Å²) in [5.41, 5.74) is 0.740. The molecule has 0 spiro atoms. The fourth-order valence-corrected chi connectivity index (χ4v) is 3.67. The van der Waals surface area contributed by atoms with E-state index >= 15 is 0 Å². The van der Waals surface area contributed by atoms with Crippen molar-refractivity contribution in [3.05, 3.63) is 60.6 Å². The van der Waals surface area contributed by atoms with Crippen molar-refractivity contribution in [1.82, 2.24) is 19.5 Å². The Bertz CT molecular complexity index is 1020. The quantitative estimate of drug-likeness (QED) is 0.720. The highest BCUT2D eigenvalue weighted by molar-refractivity contribution is 7.89. The average molecular weight is 386 g/mol. The summed E-state index contributed by atoms with van der Waals surface area (Å²) in [4.78, 5) is 4.42. The van der Waals surface area contributed by atoms with E-state index in [1.54, 1.807) is 47.5 Å². The Morgan fingerprint density at radius 3 is 2.70 bits per heavy atom. The van der Waals surface area contributed by atoms with E-state index in [0.717, 1.165) is 12.0 Å². The summed E-state index contributed by atoms with van der Waals surface area (Å²) in [5.74, 6) is 1.67. The zero-order chi connectivity index (χ0) is 18.7. The van der Waals surface area contributed by atoms with Gasteiger partial charge in [-0.3, -0.25) is 0 Å². The summed E-state index contributed by atoms with van der Waals surface area (Å²) in [5, 5.41) is 4.10. The first-order valence-corrected chi connectivity index (χ1v) is 9.94. The molecule has 9 heteroatoms. The molecule has 4 rings (SSSR count). The number of fused-ring (bicyclic) bond motifs is 1. The molecule has 0 atom stereocenters. The van der Waals surface area contributed by atoms with E-state index in [9.17, 15) is 8.42 Å². The number of hydrogen-bond donors (Lipinski definition) is 1. The molecule has 0 radical (unpaired) electrons. The van der Waals surface area contributed by atoms with Crippen LogP contribution in [0.1, 0.15) is 12.0 Å². The Labute approximate surface area is 156 Å². The fourth-order valence-electron chi connectivity index (χ4n) is 2.63. The van der Waals surface area contributed by atoms with Crippen LogP contribution in [0.4, 0.5) is 0 Å². The SMILES string of the molecule is O=S(=O)(NCc1ccc(-n2cccn2)nc1)c1ccc2c(c1)OCCCO2. The Hall–Kier alpha value is -2.91. The smallest absolute Gasteiger partial charge is 0.241 e. The number of nitrogens with one attached hydrogen (secondary N) is 1. The van der Waals surface area contributed by atoms with Crippen molar-refractivity contribution >= 4 is 10.0 Å². The van der Waals surface area contributed by atoms with Crippen molar-refractivity contribution in [2.45, 2.75) is 17.9 Å². The lowest BCUT2D eigenvalue weighted by atomic mass is 10.3. The molecular formula is C18H18N4O4S. The third kappa shape index (κ3) is 3.93. The normalized spacial score (nSPS) is 13.9. The van der Waals surface area contributed by atoms with Crippen LogP contribution in [-0.4, -0.2) is 36.4 Å². The number of aromatic nitrogens is 3. The Kier molecular flexibility index (Phi) is 4.78. The molecular weight excluding hydrogens is 368 g/mol. The summed E-state index contributed by atoms with van der Waals surface area (Å²) in [6.45, 7) is 1.18. The lowest BCUT2D eigenvalue weighted by molar-refractivity contribution is 0.297. The Morgan fingerprint density at radius 2 is 1.96 bits per heavy atom. The van der Waals surface area contributed by atoms with E-state index in [2.05, 4.69) is 14.8 Å². The van der Waals surface area contributed by atoms with Gasteiger partial charge in [-0.1, -0.05) is 6.07 Å². The molecule has 0 amide bonds. The standard InChI is InChI=1S/C18H18N4O4S/c23-27(24,15-4-5-16-17(11-15)26-10-2-9-25-16)21-13-14-3-6-18(19-12-14)22-8-1-7-20-22/h1,3-8,11-12,21H,2,9-10,13H2. The highest BCUT2D eigenvalue weighted by atomic mass is 32.2. The van der Waals surface area contributed by atoms with Gasteiger partial charge in [0.1, 0.15) is 0 Å². The molecule has 1 aliphatic rings. The first-order valence-electron chi connectivity index (χ1n) is 8.46. The first kappa shape index (κ1) is 17.5. The van der Waals surface area contributed by atoms with Gasteiger partial charge in [-0.05, 0) is 29.8 Å². The van der Waals surface area contributed by atoms with Gasteiger partial charge in [0, 0.05) is 37.6 Å². The summed E-state index contributed by atoms with van der Waals surface area (Å²) >= 11 is 0. The first-order chi connectivity index (χ1) is 13.1. The van der Waals surface area contributed by atoms with Crippen LogP contribution in [0.2, 0.25) is 0 Å². The summed E-state index contributed by atoms with van der Waals surface area (Å²) in [6.07, 6.45) is 5.83. The van der Waals surface area contributed by atoms with Gasteiger partial charge in [-0.25, -0.2) is 22.8 Å². The molecule has 2 aromatic heterocycles. The predicted molar refractivity (Wildman–Crippen MR) is 97.4 cm³/mol. The minimum Gasteiger partial charge on any atom is -0.490 e. The summed E-state index contributed by atoms with van der Waals surface area (Å²) < 4.78 is 40.5. The van der Waals surface area contributed by atoms with E-state index in [1.165, 1.54) is 12.1 Å². The van der Waals surface area contributed by atoms with Gasteiger partial charge in [0.25, 0.3) is 0 Å². The number of nitrogens with zero attached hydrogens (tertiary/aromatic N) is 3. The van der Waals surface area contributed by atoms with Crippen molar-refractivity contribution in [2.24, 2.45) is 0 Å².